The fourth-order valence-corrected chi connectivity index (χ4v) is 8.44. The third kappa shape index (κ3) is 7.55. The van der Waals surface area contributed by atoms with E-state index in [0.29, 0.717) is 41.4 Å². The summed E-state index contributed by atoms with van der Waals surface area (Å²) >= 11 is 0. The molecule has 0 atom stereocenters. The molecule has 2 fully saturated rings. The van der Waals surface area contributed by atoms with Gasteiger partial charge in [-0.05, 0) is 29.7 Å². The van der Waals surface area contributed by atoms with E-state index in [-0.39, 0.29) is 59.6 Å². The van der Waals surface area contributed by atoms with Crippen LogP contribution in [-0.4, -0.2) is 105 Å². The van der Waals surface area contributed by atoms with Crippen LogP contribution in [0.25, 0.3) is 44.3 Å². The fourth-order valence-electron chi connectivity index (χ4n) is 8.44. The quantitative estimate of drug-likeness (QED) is 0.0664. The van der Waals surface area contributed by atoms with Gasteiger partial charge < -0.3 is 34.2 Å². The molecular weight excluding hydrogens is 833 g/mol. The zero-order valence-corrected chi connectivity index (χ0v) is 35.2. The summed E-state index contributed by atoms with van der Waals surface area (Å²) in [6.07, 6.45) is 15.0. The van der Waals surface area contributed by atoms with Gasteiger partial charge in [0, 0.05) is 139 Å². The van der Waals surface area contributed by atoms with Gasteiger partial charge in [-0.1, -0.05) is 0 Å². The molecule has 8 heterocycles. The van der Waals surface area contributed by atoms with E-state index in [0.717, 1.165) is 59.2 Å². The molecule has 3 N–H and O–H groups in total. The van der Waals surface area contributed by atoms with Crippen molar-refractivity contribution in [3.8, 4) is 45.3 Å². The Morgan fingerprint density at radius 3 is 1.58 bits per heavy atom. The molecule has 0 bridgehead atoms. The molecule has 18 heteroatoms. The summed E-state index contributed by atoms with van der Waals surface area (Å²) in [5.74, 6) is -3.50. The maximum absolute atomic E-state index is 16.1. The molecule has 10 rings (SSSR count). The fraction of sp³-hybridized carbons (Fsp3) is 0.304. The van der Waals surface area contributed by atoms with E-state index in [9.17, 15) is 0 Å². The van der Waals surface area contributed by atoms with E-state index in [1.807, 2.05) is 33.9 Å². The summed E-state index contributed by atoms with van der Waals surface area (Å²) in [5, 5.41) is 13.9. The lowest BCUT2D eigenvalue weighted by Gasteiger charge is -2.39. The van der Waals surface area contributed by atoms with Crippen molar-refractivity contribution in [3.05, 3.63) is 119 Å². The Bertz CT molecular complexity index is 2980. The molecule has 64 heavy (non-hydrogen) atoms. The average Bonchev–Trinajstić information content (AvgIpc) is 4.11. The van der Waals surface area contributed by atoms with Gasteiger partial charge in [0.25, 0.3) is 0 Å². The van der Waals surface area contributed by atoms with Crippen LogP contribution in [0.1, 0.15) is 40.8 Å². The lowest BCUT2D eigenvalue weighted by molar-refractivity contribution is 0.0916. The topological polar surface area (TPSA) is 145 Å². The summed E-state index contributed by atoms with van der Waals surface area (Å²) in [4.78, 5) is 17.6. The largest absolute Gasteiger partial charge is 0.494 e. The Labute approximate surface area is 364 Å². The van der Waals surface area contributed by atoms with Crippen LogP contribution >= 0.6 is 0 Å². The van der Waals surface area contributed by atoms with Crippen LogP contribution in [0.15, 0.2) is 73.8 Å². The van der Waals surface area contributed by atoms with Gasteiger partial charge in [0.05, 0.1) is 52.4 Å². The van der Waals surface area contributed by atoms with Crippen molar-refractivity contribution >= 4 is 22.1 Å². The number of rotatable bonds is 16. The molecule has 0 amide bonds. The van der Waals surface area contributed by atoms with Crippen LogP contribution in [-0.2, 0) is 12.8 Å². The Kier molecular flexibility index (Phi) is 10.9. The molecule has 0 saturated carbocycles. The molecule has 6 aromatic heterocycles. The van der Waals surface area contributed by atoms with Crippen LogP contribution in [0, 0.1) is 23.3 Å². The van der Waals surface area contributed by atoms with Gasteiger partial charge in [-0.2, -0.15) is 10.2 Å². The molecule has 0 aliphatic carbocycles. The van der Waals surface area contributed by atoms with Crippen molar-refractivity contribution < 1.29 is 36.5 Å². The second-order valence-corrected chi connectivity index (χ2v) is 16.1. The first-order valence-electron chi connectivity index (χ1n) is 20.9. The summed E-state index contributed by atoms with van der Waals surface area (Å²) in [6, 6.07) is 6.80. The first-order chi connectivity index (χ1) is 31.2. The summed E-state index contributed by atoms with van der Waals surface area (Å²) in [7, 11) is 3.98. The first-order valence-corrected chi connectivity index (χ1v) is 20.9. The van der Waals surface area contributed by atoms with Crippen molar-refractivity contribution in [1.82, 2.24) is 49.7 Å². The summed E-state index contributed by atoms with van der Waals surface area (Å²) in [6.45, 7) is 4.17. The van der Waals surface area contributed by atoms with E-state index < -0.39 is 23.3 Å². The SMILES string of the molecule is COc1cc(OC)c(F)c(Cc2c[nH]c3ncc(-c4cnn(C5CN(CCCOc6cc(OC)c(F)c(Cc7c[nH]c8ncc(-c9cnn(C%10CNC%10)c9)cc78)c6F)C5)c4)cc23)c1F. The van der Waals surface area contributed by atoms with Crippen LogP contribution in [0.4, 0.5) is 17.6 Å². The predicted octanol–water partition coefficient (Wildman–Crippen LogP) is 7.40. The monoisotopic (exact) mass is 876 g/mol. The van der Waals surface area contributed by atoms with Crippen LogP contribution in [0.3, 0.4) is 0 Å². The number of nitrogens with one attached hydrogen (secondary N) is 3. The number of aromatic nitrogens is 8. The molecule has 330 valence electrons. The average molecular weight is 877 g/mol. The maximum Gasteiger partial charge on any atom is 0.171 e. The second-order valence-electron chi connectivity index (χ2n) is 16.1. The first kappa shape index (κ1) is 41.1. The van der Waals surface area contributed by atoms with Gasteiger partial charge in [-0.15, -0.1) is 0 Å². The van der Waals surface area contributed by atoms with Gasteiger partial charge in [0.2, 0.25) is 0 Å². The van der Waals surface area contributed by atoms with Gasteiger partial charge in [0.15, 0.2) is 46.3 Å². The minimum absolute atomic E-state index is 0.0469. The zero-order valence-electron chi connectivity index (χ0n) is 35.2. The highest BCUT2D eigenvalue weighted by atomic mass is 19.1. The number of pyridine rings is 2. The molecular formula is C46H44F4N10O4. The third-order valence-electron chi connectivity index (χ3n) is 12.3. The summed E-state index contributed by atoms with van der Waals surface area (Å²) in [5.41, 5.74) is 5.63. The molecule has 0 radical (unpaired) electrons. The van der Waals surface area contributed by atoms with Crippen molar-refractivity contribution in [3.63, 3.8) is 0 Å². The Hall–Kier alpha value is -6.92. The van der Waals surface area contributed by atoms with Gasteiger partial charge in [-0.25, -0.2) is 27.5 Å². The number of hydrogen-bond donors (Lipinski definition) is 3. The summed E-state index contributed by atoms with van der Waals surface area (Å²) < 4.78 is 87.5. The van der Waals surface area contributed by atoms with Crippen molar-refractivity contribution in [2.24, 2.45) is 0 Å². The number of hydrogen-bond acceptors (Lipinski definition) is 10. The number of halogens is 4. The van der Waals surface area contributed by atoms with Crippen LogP contribution in [0.2, 0.25) is 0 Å². The second kappa shape index (κ2) is 17.0. The number of methoxy groups -OCH3 is 3. The van der Waals surface area contributed by atoms with E-state index in [1.54, 1.807) is 37.2 Å². The minimum Gasteiger partial charge on any atom is -0.494 e. The van der Waals surface area contributed by atoms with Gasteiger partial charge in [0.1, 0.15) is 11.3 Å². The highest BCUT2D eigenvalue weighted by molar-refractivity contribution is 5.86. The Morgan fingerprint density at radius 2 is 1.09 bits per heavy atom. The molecule has 14 nitrogen and oxygen atoms in total. The van der Waals surface area contributed by atoms with Gasteiger partial charge in [-0.3, -0.25) is 14.3 Å². The van der Waals surface area contributed by atoms with Crippen molar-refractivity contribution in [2.45, 2.75) is 31.3 Å². The minimum atomic E-state index is -0.785. The third-order valence-corrected chi connectivity index (χ3v) is 12.3. The highest BCUT2D eigenvalue weighted by Gasteiger charge is 2.29. The maximum atomic E-state index is 16.1. The van der Waals surface area contributed by atoms with Crippen LogP contribution in [0.5, 0.6) is 23.0 Å². The lowest BCUT2D eigenvalue weighted by atomic mass is 10.0. The normalized spacial score (nSPS) is 14.6. The Balaban J connectivity index is 0.757. The number of fused-ring (bicyclic) bond motifs is 2. The number of ether oxygens (including phenoxy) is 4. The zero-order chi connectivity index (χ0) is 44.1. The predicted molar refractivity (Wildman–Crippen MR) is 230 cm³/mol. The van der Waals surface area contributed by atoms with E-state index in [4.69, 9.17) is 18.9 Å². The molecule has 2 aliphatic heterocycles. The molecule has 2 saturated heterocycles. The Morgan fingerprint density at radius 1 is 0.609 bits per heavy atom. The van der Waals surface area contributed by atoms with Crippen LogP contribution < -0.4 is 24.3 Å². The lowest BCUT2D eigenvalue weighted by Crippen LogP contribution is -2.48. The van der Waals surface area contributed by atoms with Crippen molar-refractivity contribution in [2.75, 3.05) is 60.7 Å². The number of likely N-dealkylation sites (tertiary alicyclic amines) is 1. The number of nitrogens with zero attached hydrogens (tertiary/aromatic N) is 7. The molecule has 8 aromatic rings. The van der Waals surface area contributed by atoms with E-state index in [2.05, 4.69) is 40.3 Å². The number of benzene rings is 2. The molecule has 2 aliphatic rings. The van der Waals surface area contributed by atoms with Gasteiger partial charge >= 0.3 is 0 Å². The van der Waals surface area contributed by atoms with E-state index >= 15 is 17.6 Å². The molecule has 0 unspecified atom stereocenters. The molecule has 2 aromatic carbocycles. The number of aromatic amines is 2. The molecule has 0 spiro atoms. The highest BCUT2D eigenvalue weighted by Crippen LogP contribution is 2.37. The van der Waals surface area contributed by atoms with Crippen molar-refractivity contribution in [1.29, 1.82) is 0 Å². The van der Waals surface area contributed by atoms with E-state index in [1.165, 1.54) is 33.5 Å². The smallest absolute Gasteiger partial charge is 0.171 e. The standard InChI is InChI=1S/C46H44F4N10O4/c1-61-37-11-38(62-2)42(48)35(41(37)47)9-27-15-54-45-33(27)8-26(14-53-45)30-18-57-60(22-30)32-23-58(24-32)5-4-6-64-40-12-39(63-3)43(49)36(44(40)50)10-28-16-55-46-34(28)7-25(13-52-46)29-17-56-59(21-29)31-19-51-20-31/h7-8,11-18,21-22,31-32,51H,4-6,9-10,19-20,23-24H2,1-3H3,(H,52,55)(H,53,54). The number of H-pyrrole nitrogens is 2.